The van der Waals surface area contributed by atoms with Crippen molar-refractivity contribution in [3.8, 4) is 0 Å². The summed E-state index contributed by atoms with van der Waals surface area (Å²) in [5.74, 6) is -2.80. The second kappa shape index (κ2) is 7.03. The van der Waals surface area contributed by atoms with Crippen LogP contribution in [0, 0.1) is 5.92 Å². The van der Waals surface area contributed by atoms with Gasteiger partial charge in [0.15, 0.2) is 5.69 Å². The molecule has 0 amide bonds. The summed E-state index contributed by atoms with van der Waals surface area (Å²) in [7, 11) is 0. The highest BCUT2D eigenvalue weighted by atomic mass is 79.9. The van der Waals surface area contributed by atoms with E-state index in [9.17, 15) is 22.0 Å². The van der Waals surface area contributed by atoms with Gasteiger partial charge in [-0.25, -0.2) is 18.7 Å². The van der Waals surface area contributed by atoms with Crippen molar-refractivity contribution in [3.05, 3.63) is 18.1 Å². The van der Waals surface area contributed by atoms with Crippen molar-refractivity contribution in [2.24, 2.45) is 5.92 Å². The zero-order valence-corrected chi connectivity index (χ0v) is 13.3. The zero-order valence-electron chi connectivity index (χ0n) is 11.6. The van der Waals surface area contributed by atoms with Gasteiger partial charge in [0.05, 0.1) is 18.9 Å². The molecule has 0 radical (unpaired) electrons. The van der Waals surface area contributed by atoms with Gasteiger partial charge in [-0.3, -0.25) is 0 Å². The van der Waals surface area contributed by atoms with Crippen LogP contribution in [0.25, 0.3) is 0 Å². The molecule has 1 aliphatic heterocycles. The molecule has 2 atom stereocenters. The van der Waals surface area contributed by atoms with Crippen LogP contribution in [-0.4, -0.2) is 35.0 Å². The lowest BCUT2D eigenvalue weighted by Gasteiger charge is -2.35. The standard InChI is InChI=1S/C12H15F5N4.BrH/c1-7-2-11(13,14)6-21-8(7)3-19-10-5-18-9(4-20-10)12(15,16)17;/h4-5,7-8,21H,2-3,6H2,1H3,(H,19,20);1H/t7-,8-;/m1./s1. The molecule has 0 aromatic carbocycles. The fraction of sp³-hybridized carbons (Fsp3) is 0.667. The second-order valence-corrected chi connectivity index (χ2v) is 5.19. The van der Waals surface area contributed by atoms with E-state index < -0.39 is 24.3 Å². The Hall–Kier alpha value is -1.03. The molecule has 22 heavy (non-hydrogen) atoms. The van der Waals surface area contributed by atoms with Gasteiger partial charge < -0.3 is 10.6 Å². The number of aromatic nitrogens is 2. The topological polar surface area (TPSA) is 49.8 Å². The van der Waals surface area contributed by atoms with Crippen LogP contribution < -0.4 is 10.6 Å². The lowest BCUT2D eigenvalue weighted by molar-refractivity contribution is -0.141. The van der Waals surface area contributed by atoms with Gasteiger partial charge in [-0.2, -0.15) is 13.2 Å². The first-order chi connectivity index (χ1) is 9.67. The summed E-state index contributed by atoms with van der Waals surface area (Å²) in [5, 5.41) is 5.53. The highest BCUT2D eigenvalue weighted by Gasteiger charge is 2.39. The maximum atomic E-state index is 13.1. The third-order valence-electron chi connectivity index (χ3n) is 3.38. The van der Waals surface area contributed by atoms with Crippen molar-refractivity contribution in [3.63, 3.8) is 0 Å². The fourth-order valence-electron chi connectivity index (χ4n) is 2.22. The molecule has 1 aromatic heterocycles. The molecule has 1 saturated heterocycles. The molecule has 1 aromatic rings. The minimum Gasteiger partial charge on any atom is -0.367 e. The largest absolute Gasteiger partial charge is 0.434 e. The maximum Gasteiger partial charge on any atom is 0.434 e. The van der Waals surface area contributed by atoms with Gasteiger partial charge in [0, 0.05) is 19.0 Å². The van der Waals surface area contributed by atoms with Crippen molar-refractivity contribution >= 4 is 22.8 Å². The van der Waals surface area contributed by atoms with E-state index in [-0.39, 0.29) is 47.7 Å². The van der Waals surface area contributed by atoms with Crippen LogP contribution in [0.5, 0.6) is 0 Å². The van der Waals surface area contributed by atoms with E-state index >= 15 is 0 Å². The normalized spacial score (nSPS) is 24.5. The molecule has 2 heterocycles. The minimum atomic E-state index is -4.53. The molecule has 0 spiro atoms. The molecule has 0 saturated carbocycles. The summed E-state index contributed by atoms with van der Waals surface area (Å²) in [6.45, 7) is 1.59. The quantitative estimate of drug-likeness (QED) is 0.778. The molecular weight excluding hydrogens is 375 g/mol. The fourth-order valence-corrected chi connectivity index (χ4v) is 2.22. The number of hydrogen-bond acceptors (Lipinski definition) is 4. The smallest absolute Gasteiger partial charge is 0.367 e. The van der Waals surface area contributed by atoms with Gasteiger partial charge in [0.1, 0.15) is 5.82 Å². The van der Waals surface area contributed by atoms with Crippen molar-refractivity contribution in [1.82, 2.24) is 15.3 Å². The second-order valence-electron chi connectivity index (χ2n) is 5.19. The summed E-state index contributed by atoms with van der Waals surface area (Å²) in [6.07, 6.45) is -3.14. The van der Waals surface area contributed by atoms with E-state index in [1.165, 1.54) is 0 Å². The van der Waals surface area contributed by atoms with Crippen LogP contribution in [-0.2, 0) is 6.18 Å². The van der Waals surface area contributed by atoms with Crippen LogP contribution in [0.1, 0.15) is 19.0 Å². The molecular formula is C12H16BrF5N4. The van der Waals surface area contributed by atoms with E-state index in [0.717, 1.165) is 6.20 Å². The number of alkyl halides is 5. The number of nitrogens with zero attached hydrogens (tertiary/aromatic N) is 2. The van der Waals surface area contributed by atoms with Gasteiger partial charge in [-0.1, -0.05) is 6.92 Å². The maximum absolute atomic E-state index is 13.1. The van der Waals surface area contributed by atoms with Crippen LogP contribution >= 0.6 is 17.0 Å². The molecule has 1 fully saturated rings. The first kappa shape index (κ1) is 19.0. The third kappa shape index (κ3) is 5.01. The number of piperidine rings is 1. The summed E-state index contributed by atoms with van der Waals surface area (Å²) >= 11 is 0. The molecule has 2 N–H and O–H groups in total. The minimum absolute atomic E-state index is 0. The SMILES string of the molecule is Br.C[C@@H]1CC(F)(F)CN[C@@H]1CNc1cnc(C(F)(F)F)cn1. The molecule has 126 valence electrons. The predicted octanol–water partition coefficient (Wildman–Crippen LogP) is 3.12. The van der Waals surface area contributed by atoms with E-state index in [2.05, 4.69) is 20.6 Å². The first-order valence-corrected chi connectivity index (χ1v) is 6.42. The highest BCUT2D eigenvalue weighted by molar-refractivity contribution is 8.93. The molecule has 2 rings (SSSR count). The number of rotatable bonds is 3. The van der Waals surface area contributed by atoms with Gasteiger partial charge in [-0.15, -0.1) is 17.0 Å². The van der Waals surface area contributed by atoms with Crippen molar-refractivity contribution in [1.29, 1.82) is 0 Å². The average Bonchev–Trinajstić information content (AvgIpc) is 2.36. The lowest BCUT2D eigenvalue weighted by atomic mass is 9.90. The van der Waals surface area contributed by atoms with Gasteiger partial charge in [0.2, 0.25) is 0 Å². The third-order valence-corrected chi connectivity index (χ3v) is 3.38. The average molecular weight is 391 g/mol. The van der Waals surface area contributed by atoms with Crippen LogP contribution in [0.3, 0.4) is 0 Å². The van der Waals surface area contributed by atoms with Crippen LogP contribution in [0.15, 0.2) is 12.4 Å². The van der Waals surface area contributed by atoms with Crippen molar-refractivity contribution in [2.45, 2.75) is 31.5 Å². The Balaban J connectivity index is 0.00000242. The summed E-state index contributed by atoms with van der Waals surface area (Å²) in [4.78, 5) is 6.88. The predicted molar refractivity (Wildman–Crippen MR) is 76.4 cm³/mol. The summed E-state index contributed by atoms with van der Waals surface area (Å²) in [6, 6.07) is -0.200. The number of hydrogen-bond donors (Lipinski definition) is 2. The van der Waals surface area contributed by atoms with Crippen LogP contribution in [0.2, 0.25) is 0 Å². The van der Waals surface area contributed by atoms with Gasteiger partial charge >= 0.3 is 6.18 Å². The highest BCUT2D eigenvalue weighted by Crippen LogP contribution is 2.29. The van der Waals surface area contributed by atoms with E-state index in [0.29, 0.717) is 6.20 Å². The van der Waals surface area contributed by atoms with Gasteiger partial charge in [-0.05, 0) is 5.92 Å². The molecule has 4 nitrogen and oxygen atoms in total. The lowest BCUT2D eigenvalue weighted by Crippen LogP contribution is -2.52. The Morgan fingerprint density at radius 2 is 2.00 bits per heavy atom. The molecule has 10 heteroatoms. The van der Waals surface area contributed by atoms with Crippen LogP contribution in [0.4, 0.5) is 27.8 Å². The first-order valence-electron chi connectivity index (χ1n) is 6.42. The molecule has 0 aliphatic carbocycles. The molecule has 1 aliphatic rings. The summed E-state index contributed by atoms with van der Waals surface area (Å²) in [5.41, 5.74) is -1.07. The number of nitrogens with one attached hydrogen (secondary N) is 2. The Morgan fingerprint density at radius 3 is 2.50 bits per heavy atom. The zero-order chi connectivity index (χ0) is 15.7. The Bertz CT molecular complexity index is 479. The number of halogens is 6. The van der Waals surface area contributed by atoms with E-state index in [1.54, 1.807) is 6.92 Å². The van der Waals surface area contributed by atoms with E-state index in [1.807, 2.05) is 0 Å². The van der Waals surface area contributed by atoms with Crippen molar-refractivity contribution in [2.75, 3.05) is 18.4 Å². The Morgan fingerprint density at radius 1 is 1.32 bits per heavy atom. The van der Waals surface area contributed by atoms with Gasteiger partial charge in [0.25, 0.3) is 5.92 Å². The van der Waals surface area contributed by atoms with E-state index in [4.69, 9.17) is 0 Å². The number of anilines is 1. The summed E-state index contributed by atoms with van der Waals surface area (Å²) < 4.78 is 63.2. The molecule has 0 unspecified atom stereocenters. The Kier molecular flexibility index (Phi) is 6.08. The monoisotopic (exact) mass is 390 g/mol. The van der Waals surface area contributed by atoms with Crippen molar-refractivity contribution < 1.29 is 22.0 Å². The Labute approximate surface area is 134 Å². The molecule has 0 bridgehead atoms.